The molecule has 4 aliphatic carbocycles. The average Bonchev–Trinajstić information content (AvgIpc) is 2.39. The smallest absolute Gasteiger partial charge is 0.126 e. The van der Waals surface area contributed by atoms with Crippen molar-refractivity contribution in [2.75, 3.05) is 0 Å². The molecule has 2 heteroatoms. The second-order valence-corrected chi connectivity index (χ2v) is 8.57. The fraction of sp³-hybridized carbons (Fsp3) is 0.667. The minimum absolute atomic E-state index is 0.0843. The third kappa shape index (κ3) is 1.98. The van der Waals surface area contributed by atoms with Gasteiger partial charge in [-0.1, -0.05) is 28.1 Å². The van der Waals surface area contributed by atoms with Gasteiger partial charge in [-0.05, 0) is 85.8 Å². The van der Waals surface area contributed by atoms with Crippen LogP contribution in [0.25, 0.3) is 0 Å². The summed E-state index contributed by atoms with van der Waals surface area (Å²) >= 11 is 4.01. The minimum Gasteiger partial charge on any atom is -0.207 e. The minimum atomic E-state index is -0.0843. The molecule has 4 bridgehead atoms. The third-order valence-corrected chi connectivity index (χ3v) is 7.60. The summed E-state index contributed by atoms with van der Waals surface area (Å²) in [5.74, 6) is 2.80. The largest absolute Gasteiger partial charge is 0.207 e. The van der Waals surface area contributed by atoms with Gasteiger partial charge in [0.1, 0.15) is 5.82 Å². The van der Waals surface area contributed by atoms with Gasteiger partial charge >= 0.3 is 0 Å². The zero-order valence-electron chi connectivity index (χ0n) is 12.0. The number of hydrogen-bond acceptors (Lipinski definition) is 0. The lowest BCUT2D eigenvalue weighted by Gasteiger charge is -2.58. The van der Waals surface area contributed by atoms with Crippen molar-refractivity contribution in [1.29, 1.82) is 0 Å². The molecule has 20 heavy (non-hydrogen) atoms. The molecule has 0 nitrogen and oxygen atoms in total. The van der Waals surface area contributed by atoms with Crippen molar-refractivity contribution in [1.82, 2.24) is 0 Å². The van der Waals surface area contributed by atoms with Gasteiger partial charge < -0.3 is 0 Å². The van der Waals surface area contributed by atoms with Gasteiger partial charge in [-0.3, -0.25) is 0 Å². The van der Waals surface area contributed by atoms with Crippen LogP contribution in [0.5, 0.6) is 0 Å². The molecule has 1 unspecified atom stereocenters. The van der Waals surface area contributed by atoms with E-state index in [0.717, 1.165) is 23.3 Å². The molecule has 0 radical (unpaired) electrons. The zero-order valence-corrected chi connectivity index (χ0v) is 13.6. The Morgan fingerprint density at radius 2 is 1.65 bits per heavy atom. The van der Waals surface area contributed by atoms with Gasteiger partial charge in [-0.15, -0.1) is 0 Å². The van der Waals surface area contributed by atoms with Crippen molar-refractivity contribution in [3.05, 3.63) is 35.1 Å². The maximum atomic E-state index is 13.5. The van der Waals surface area contributed by atoms with E-state index < -0.39 is 0 Å². The van der Waals surface area contributed by atoms with Crippen molar-refractivity contribution >= 4 is 15.9 Å². The number of halogens is 2. The van der Waals surface area contributed by atoms with Crippen LogP contribution in [0.2, 0.25) is 0 Å². The highest BCUT2D eigenvalue weighted by Gasteiger charge is 2.53. The molecule has 0 aromatic heterocycles. The Bertz CT molecular complexity index is 501. The van der Waals surface area contributed by atoms with Gasteiger partial charge in [0.2, 0.25) is 0 Å². The van der Waals surface area contributed by atoms with Crippen molar-refractivity contribution in [2.24, 2.45) is 23.2 Å². The van der Waals surface area contributed by atoms with Crippen LogP contribution in [0.3, 0.4) is 0 Å². The molecule has 4 fully saturated rings. The van der Waals surface area contributed by atoms with Crippen molar-refractivity contribution in [3.8, 4) is 0 Å². The molecule has 1 aromatic carbocycles. The topological polar surface area (TPSA) is 0 Å². The predicted octanol–water partition coefficient (Wildman–Crippen LogP) is 5.79. The predicted molar refractivity (Wildman–Crippen MR) is 83.4 cm³/mol. The van der Waals surface area contributed by atoms with Gasteiger partial charge in [0, 0.05) is 4.83 Å². The van der Waals surface area contributed by atoms with E-state index in [4.69, 9.17) is 0 Å². The van der Waals surface area contributed by atoms with Gasteiger partial charge in [0.25, 0.3) is 0 Å². The lowest BCUT2D eigenvalue weighted by atomic mass is 9.48. The Balaban J connectivity index is 1.67. The van der Waals surface area contributed by atoms with Crippen molar-refractivity contribution in [3.63, 3.8) is 0 Å². The Labute approximate surface area is 129 Å². The molecule has 0 amide bonds. The van der Waals surface area contributed by atoms with Gasteiger partial charge in [-0.25, -0.2) is 4.39 Å². The molecule has 0 spiro atoms. The molecule has 108 valence electrons. The average molecular weight is 337 g/mol. The van der Waals surface area contributed by atoms with E-state index in [1.165, 1.54) is 44.1 Å². The molecule has 5 rings (SSSR count). The van der Waals surface area contributed by atoms with Crippen LogP contribution in [-0.4, -0.2) is 0 Å². The van der Waals surface area contributed by atoms with E-state index in [2.05, 4.69) is 15.9 Å². The fourth-order valence-corrected chi connectivity index (χ4v) is 6.51. The van der Waals surface area contributed by atoms with E-state index in [1.54, 1.807) is 6.07 Å². The summed E-state index contributed by atoms with van der Waals surface area (Å²) in [6, 6.07) is 5.67. The summed E-state index contributed by atoms with van der Waals surface area (Å²) < 4.78 is 13.5. The van der Waals surface area contributed by atoms with E-state index in [1.807, 2.05) is 19.1 Å². The highest BCUT2D eigenvalue weighted by atomic mass is 79.9. The van der Waals surface area contributed by atoms with Crippen LogP contribution >= 0.6 is 15.9 Å². The first-order valence-electron chi connectivity index (χ1n) is 7.96. The highest BCUT2D eigenvalue weighted by Crippen LogP contribution is 2.65. The summed E-state index contributed by atoms with van der Waals surface area (Å²) in [6.07, 6.45) is 8.56. The molecule has 1 aromatic rings. The molecule has 4 saturated carbocycles. The van der Waals surface area contributed by atoms with Crippen LogP contribution in [0.1, 0.15) is 54.5 Å². The van der Waals surface area contributed by atoms with Crippen LogP contribution in [-0.2, 0) is 0 Å². The Morgan fingerprint density at radius 3 is 2.15 bits per heavy atom. The fourth-order valence-electron chi connectivity index (χ4n) is 5.67. The number of rotatable bonds is 2. The lowest BCUT2D eigenvalue weighted by molar-refractivity contribution is -0.0528. The molecule has 4 aliphatic rings. The van der Waals surface area contributed by atoms with E-state index >= 15 is 0 Å². The number of benzene rings is 1. The van der Waals surface area contributed by atoms with Gasteiger partial charge in [0.05, 0.1) is 0 Å². The first-order valence-corrected chi connectivity index (χ1v) is 8.87. The maximum absolute atomic E-state index is 13.5. The van der Waals surface area contributed by atoms with E-state index in [9.17, 15) is 4.39 Å². The van der Waals surface area contributed by atoms with E-state index in [-0.39, 0.29) is 5.82 Å². The molecular formula is C18H22BrF. The monoisotopic (exact) mass is 336 g/mol. The van der Waals surface area contributed by atoms with Gasteiger partial charge in [-0.2, -0.15) is 0 Å². The molecule has 0 N–H and O–H groups in total. The first-order chi connectivity index (χ1) is 9.56. The number of hydrogen-bond donors (Lipinski definition) is 0. The second-order valence-electron chi connectivity index (χ2n) is 7.65. The molecule has 1 atom stereocenters. The van der Waals surface area contributed by atoms with Crippen LogP contribution in [0, 0.1) is 35.9 Å². The summed E-state index contributed by atoms with van der Waals surface area (Å²) in [5.41, 5.74) is 2.50. The van der Waals surface area contributed by atoms with Crippen molar-refractivity contribution < 1.29 is 4.39 Å². The SMILES string of the molecule is Cc1cc(C(Br)C23CC4CC(CC(C4)C2)C3)ccc1F. The van der Waals surface area contributed by atoms with Crippen LogP contribution in [0.4, 0.5) is 4.39 Å². The quantitative estimate of drug-likeness (QED) is 0.600. The summed E-state index contributed by atoms with van der Waals surface area (Å²) in [7, 11) is 0. The van der Waals surface area contributed by atoms with E-state index in [0.29, 0.717) is 10.2 Å². The normalized spacial score (nSPS) is 40.0. The lowest BCUT2D eigenvalue weighted by Crippen LogP contribution is -2.47. The standard InChI is InChI=1S/C18H22BrF/c1-11-4-15(2-3-16(11)20)17(19)18-8-12-5-13(9-18)7-14(6-12)10-18/h2-4,12-14,17H,5-10H2,1H3. The maximum Gasteiger partial charge on any atom is 0.126 e. The summed E-state index contributed by atoms with van der Waals surface area (Å²) in [5, 5.41) is 0. The van der Waals surface area contributed by atoms with Crippen LogP contribution < -0.4 is 0 Å². The molecular weight excluding hydrogens is 315 g/mol. The van der Waals surface area contributed by atoms with Crippen molar-refractivity contribution in [2.45, 2.75) is 50.3 Å². The first kappa shape index (κ1) is 13.3. The van der Waals surface area contributed by atoms with Gasteiger partial charge in [0.15, 0.2) is 0 Å². The Hall–Kier alpha value is -0.370. The molecule has 0 heterocycles. The number of aryl methyl sites for hydroxylation is 1. The summed E-state index contributed by atoms with van der Waals surface area (Å²) in [6.45, 7) is 1.87. The highest BCUT2D eigenvalue weighted by molar-refractivity contribution is 9.09. The third-order valence-electron chi connectivity index (χ3n) is 6.10. The number of alkyl halides is 1. The zero-order chi connectivity index (χ0) is 13.9. The Morgan fingerprint density at radius 1 is 1.10 bits per heavy atom. The molecule has 0 aliphatic heterocycles. The second kappa shape index (κ2) is 4.56. The summed E-state index contributed by atoms with van der Waals surface area (Å²) in [4.78, 5) is 0.405. The van der Waals surface area contributed by atoms with Crippen LogP contribution in [0.15, 0.2) is 18.2 Å². The molecule has 0 saturated heterocycles. The Kier molecular flexibility index (Phi) is 3.03.